The van der Waals surface area contributed by atoms with E-state index < -0.39 is 0 Å². The Labute approximate surface area is 132 Å². The Morgan fingerprint density at radius 2 is 2.00 bits per heavy atom. The standard InChI is InChI=1S/C17H23N3O2/c1-14(12-18)13-19(2)16(15-6-4-3-5-7-15)17(21)20-8-10-22-11-9-20/h3-7,14,16H,8-11,13H2,1-2H3. The van der Waals surface area contributed by atoms with Crippen LogP contribution in [0, 0.1) is 17.2 Å². The van der Waals surface area contributed by atoms with Crippen LogP contribution in [-0.4, -0.2) is 55.6 Å². The Morgan fingerprint density at radius 1 is 1.36 bits per heavy atom. The van der Waals surface area contributed by atoms with Crippen LogP contribution >= 0.6 is 0 Å². The predicted molar refractivity (Wildman–Crippen MR) is 84.0 cm³/mol. The molecule has 2 unspecified atom stereocenters. The molecule has 0 aromatic heterocycles. The molecule has 2 rings (SSSR count). The minimum Gasteiger partial charge on any atom is -0.378 e. The van der Waals surface area contributed by atoms with Crippen LogP contribution in [0.4, 0.5) is 0 Å². The van der Waals surface area contributed by atoms with Crippen LogP contribution in [0.25, 0.3) is 0 Å². The zero-order valence-electron chi connectivity index (χ0n) is 13.2. The lowest BCUT2D eigenvalue weighted by Crippen LogP contribution is -2.47. The molecular formula is C17H23N3O2. The number of ether oxygens (including phenoxy) is 1. The highest BCUT2D eigenvalue weighted by molar-refractivity contribution is 5.83. The highest BCUT2D eigenvalue weighted by Crippen LogP contribution is 2.23. The molecule has 5 nitrogen and oxygen atoms in total. The van der Waals surface area contributed by atoms with Gasteiger partial charge in [0.2, 0.25) is 5.91 Å². The number of nitriles is 1. The van der Waals surface area contributed by atoms with Gasteiger partial charge in [-0.05, 0) is 19.5 Å². The summed E-state index contributed by atoms with van der Waals surface area (Å²) in [5.74, 6) is -0.0316. The van der Waals surface area contributed by atoms with Crippen LogP contribution in [0.5, 0.6) is 0 Å². The third-order valence-corrected chi connectivity index (χ3v) is 3.89. The summed E-state index contributed by atoms with van der Waals surface area (Å²) < 4.78 is 5.33. The van der Waals surface area contributed by atoms with Crippen molar-refractivity contribution in [2.24, 2.45) is 5.92 Å². The molecule has 5 heteroatoms. The van der Waals surface area contributed by atoms with Crippen molar-refractivity contribution in [2.45, 2.75) is 13.0 Å². The monoisotopic (exact) mass is 301 g/mol. The van der Waals surface area contributed by atoms with Crippen LogP contribution in [0.3, 0.4) is 0 Å². The maximum atomic E-state index is 13.0. The topological polar surface area (TPSA) is 56.6 Å². The summed E-state index contributed by atoms with van der Waals surface area (Å²) in [6.07, 6.45) is 0. The van der Waals surface area contributed by atoms with Crippen molar-refractivity contribution in [3.05, 3.63) is 35.9 Å². The van der Waals surface area contributed by atoms with Crippen LogP contribution in [0.2, 0.25) is 0 Å². The van der Waals surface area contributed by atoms with Crippen molar-refractivity contribution in [1.29, 1.82) is 5.26 Å². The van der Waals surface area contributed by atoms with Gasteiger partial charge >= 0.3 is 0 Å². The number of rotatable bonds is 5. The van der Waals surface area contributed by atoms with Crippen molar-refractivity contribution >= 4 is 5.91 Å². The van der Waals surface area contributed by atoms with Crippen LogP contribution in [0.1, 0.15) is 18.5 Å². The lowest BCUT2D eigenvalue weighted by molar-refractivity contribution is -0.141. The summed E-state index contributed by atoms with van der Waals surface area (Å²) in [5, 5.41) is 9.03. The first-order valence-corrected chi connectivity index (χ1v) is 7.65. The van der Waals surface area contributed by atoms with Gasteiger partial charge in [-0.15, -0.1) is 0 Å². The number of nitrogens with zero attached hydrogens (tertiary/aromatic N) is 3. The summed E-state index contributed by atoms with van der Waals surface area (Å²) in [6.45, 7) is 4.87. The Kier molecular flexibility index (Phi) is 5.93. The molecule has 0 radical (unpaired) electrons. The van der Waals surface area contributed by atoms with Crippen molar-refractivity contribution in [3.63, 3.8) is 0 Å². The van der Waals surface area contributed by atoms with Gasteiger partial charge in [-0.2, -0.15) is 5.26 Å². The van der Waals surface area contributed by atoms with Crippen LogP contribution < -0.4 is 0 Å². The number of hydrogen-bond acceptors (Lipinski definition) is 4. The molecule has 0 aliphatic carbocycles. The number of likely N-dealkylation sites (N-methyl/N-ethyl adjacent to an activating group) is 1. The lowest BCUT2D eigenvalue weighted by Gasteiger charge is -2.35. The van der Waals surface area contributed by atoms with E-state index in [4.69, 9.17) is 10.00 Å². The van der Waals surface area contributed by atoms with Gasteiger partial charge in [0.05, 0.1) is 25.2 Å². The molecular weight excluding hydrogens is 278 g/mol. The van der Waals surface area contributed by atoms with Gasteiger partial charge in [0, 0.05) is 19.6 Å². The second kappa shape index (κ2) is 7.92. The van der Waals surface area contributed by atoms with E-state index in [9.17, 15) is 4.79 Å². The molecule has 0 bridgehead atoms. The molecule has 22 heavy (non-hydrogen) atoms. The van der Waals surface area contributed by atoms with Crippen molar-refractivity contribution in [3.8, 4) is 6.07 Å². The first kappa shape index (κ1) is 16.5. The average Bonchev–Trinajstić information content (AvgIpc) is 2.56. The second-order valence-electron chi connectivity index (χ2n) is 5.72. The van der Waals surface area contributed by atoms with E-state index in [2.05, 4.69) is 6.07 Å². The van der Waals surface area contributed by atoms with Crippen molar-refractivity contribution in [2.75, 3.05) is 39.9 Å². The zero-order chi connectivity index (χ0) is 15.9. The van der Waals surface area contributed by atoms with E-state index in [1.165, 1.54) is 0 Å². The summed E-state index contributed by atoms with van der Waals surface area (Å²) in [5.41, 5.74) is 0.964. The number of hydrogen-bond donors (Lipinski definition) is 0. The van der Waals surface area contributed by atoms with Gasteiger partial charge in [-0.3, -0.25) is 9.69 Å². The second-order valence-corrected chi connectivity index (χ2v) is 5.72. The molecule has 0 spiro atoms. The summed E-state index contributed by atoms with van der Waals surface area (Å²) in [7, 11) is 1.91. The maximum Gasteiger partial charge on any atom is 0.244 e. The van der Waals surface area contributed by atoms with E-state index >= 15 is 0 Å². The Balaban J connectivity index is 2.21. The predicted octanol–water partition coefficient (Wildman–Crippen LogP) is 1.68. The van der Waals surface area contributed by atoms with Crippen molar-refractivity contribution in [1.82, 2.24) is 9.80 Å². The molecule has 1 aliphatic rings. The van der Waals surface area contributed by atoms with E-state index in [1.54, 1.807) is 0 Å². The largest absolute Gasteiger partial charge is 0.378 e. The van der Waals surface area contributed by atoms with Gasteiger partial charge in [0.25, 0.3) is 0 Å². The number of morpholine rings is 1. The summed E-state index contributed by atoms with van der Waals surface area (Å²) in [4.78, 5) is 16.8. The summed E-state index contributed by atoms with van der Waals surface area (Å²) in [6, 6.07) is 11.6. The molecule has 118 valence electrons. The van der Waals surface area contributed by atoms with Crippen molar-refractivity contribution < 1.29 is 9.53 Å². The molecule has 2 atom stereocenters. The number of benzene rings is 1. The molecule has 0 N–H and O–H groups in total. The minimum atomic E-state index is -0.352. The highest BCUT2D eigenvalue weighted by atomic mass is 16.5. The first-order valence-electron chi connectivity index (χ1n) is 7.65. The Bertz CT molecular complexity index is 520. The zero-order valence-corrected chi connectivity index (χ0v) is 13.2. The van der Waals surface area contributed by atoms with E-state index in [0.717, 1.165) is 5.56 Å². The highest BCUT2D eigenvalue weighted by Gasteiger charge is 2.30. The Morgan fingerprint density at radius 3 is 2.59 bits per heavy atom. The number of carbonyl (C=O) groups is 1. The smallest absolute Gasteiger partial charge is 0.244 e. The molecule has 1 aromatic carbocycles. The molecule has 1 fully saturated rings. The van der Waals surface area contributed by atoms with Crippen LogP contribution in [-0.2, 0) is 9.53 Å². The quantitative estimate of drug-likeness (QED) is 0.830. The van der Waals surface area contributed by atoms with Crippen LogP contribution in [0.15, 0.2) is 30.3 Å². The molecule has 1 aromatic rings. The molecule has 1 amide bonds. The van der Waals surface area contributed by atoms with Gasteiger partial charge < -0.3 is 9.64 Å². The van der Waals surface area contributed by atoms with E-state index in [1.807, 2.05) is 54.1 Å². The van der Waals surface area contributed by atoms with Gasteiger partial charge in [0.15, 0.2) is 0 Å². The third kappa shape index (κ3) is 4.06. The first-order chi connectivity index (χ1) is 10.6. The third-order valence-electron chi connectivity index (χ3n) is 3.89. The molecule has 1 heterocycles. The molecule has 0 saturated carbocycles. The normalized spacial score (nSPS) is 17.8. The van der Waals surface area contributed by atoms with Gasteiger partial charge in [0.1, 0.15) is 6.04 Å². The number of amides is 1. The SMILES string of the molecule is CC(C#N)CN(C)C(C(=O)N1CCOCC1)c1ccccc1. The lowest BCUT2D eigenvalue weighted by atomic mass is 10.0. The minimum absolute atomic E-state index is 0.0853. The van der Waals surface area contributed by atoms with Gasteiger partial charge in [-0.25, -0.2) is 0 Å². The van der Waals surface area contributed by atoms with E-state index in [-0.39, 0.29) is 17.9 Å². The fourth-order valence-electron chi connectivity index (χ4n) is 2.76. The van der Waals surface area contributed by atoms with E-state index in [0.29, 0.717) is 32.8 Å². The molecule has 1 aliphatic heterocycles. The number of carbonyl (C=O) groups excluding carboxylic acids is 1. The fraction of sp³-hybridized carbons (Fsp3) is 0.529. The fourth-order valence-corrected chi connectivity index (χ4v) is 2.76. The molecule has 1 saturated heterocycles. The van der Waals surface area contributed by atoms with Gasteiger partial charge in [-0.1, -0.05) is 30.3 Å². The maximum absolute atomic E-state index is 13.0. The Hall–Kier alpha value is -1.90. The summed E-state index contributed by atoms with van der Waals surface area (Å²) >= 11 is 0. The average molecular weight is 301 g/mol.